The summed E-state index contributed by atoms with van der Waals surface area (Å²) in [6.45, 7) is 6.79. The van der Waals surface area contributed by atoms with Gasteiger partial charge in [-0.1, -0.05) is 18.2 Å². The second-order valence-electron chi connectivity index (χ2n) is 6.14. The predicted molar refractivity (Wildman–Crippen MR) is 98.1 cm³/mol. The monoisotopic (exact) mass is 332 g/mol. The van der Waals surface area contributed by atoms with Crippen LogP contribution in [0.1, 0.15) is 22.6 Å². The lowest BCUT2D eigenvalue weighted by Crippen LogP contribution is -2.05. The normalized spacial score (nSPS) is 11.2. The van der Waals surface area contributed by atoms with Crippen molar-refractivity contribution in [1.29, 1.82) is 0 Å². The molecule has 3 heterocycles. The molecule has 0 saturated carbocycles. The van der Waals surface area contributed by atoms with Gasteiger partial charge in [0.25, 0.3) is 0 Å². The minimum Gasteiger partial charge on any atom is -0.364 e. The van der Waals surface area contributed by atoms with Crippen molar-refractivity contribution in [2.45, 2.75) is 27.3 Å². The summed E-state index contributed by atoms with van der Waals surface area (Å²) in [5.41, 5.74) is 6.36. The third-order valence-electron chi connectivity index (χ3n) is 4.39. The summed E-state index contributed by atoms with van der Waals surface area (Å²) in [5.74, 6) is 0.828. The Morgan fingerprint density at radius 1 is 1.04 bits per heavy atom. The van der Waals surface area contributed by atoms with E-state index in [9.17, 15) is 0 Å². The fourth-order valence-electron chi connectivity index (χ4n) is 3.10. The maximum Gasteiger partial charge on any atom is 0.152 e. The Labute approximate surface area is 146 Å². The standard InChI is InChI=1S/C19H20N6/c1-13-11-18-19(20-9-10-24(18)22-13)21-12-17-14(2)23-25(15(17)3)16-7-5-4-6-8-16/h4-11H,12H2,1-3H3,(H,20,21). The molecule has 0 aliphatic rings. The van der Waals surface area contributed by atoms with Crippen LogP contribution in [0.25, 0.3) is 11.2 Å². The Morgan fingerprint density at radius 3 is 2.64 bits per heavy atom. The van der Waals surface area contributed by atoms with Crippen molar-refractivity contribution in [3.63, 3.8) is 0 Å². The lowest BCUT2D eigenvalue weighted by Gasteiger charge is -2.08. The van der Waals surface area contributed by atoms with E-state index in [2.05, 4.69) is 34.5 Å². The molecule has 0 aliphatic carbocycles. The lowest BCUT2D eigenvalue weighted by atomic mass is 10.2. The van der Waals surface area contributed by atoms with Gasteiger partial charge in [-0.2, -0.15) is 10.2 Å². The number of nitrogens with zero attached hydrogens (tertiary/aromatic N) is 5. The first-order valence-electron chi connectivity index (χ1n) is 8.29. The Morgan fingerprint density at radius 2 is 1.84 bits per heavy atom. The molecule has 0 fully saturated rings. The minimum absolute atomic E-state index is 0.668. The molecule has 0 bridgehead atoms. The van der Waals surface area contributed by atoms with Gasteiger partial charge >= 0.3 is 0 Å². The Kier molecular flexibility index (Phi) is 3.72. The van der Waals surface area contributed by atoms with E-state index >= 15 is 0 Å². The molecule has 126 valence electrons. The van der Waals surface area contributed by atoms with E-state index in [1.165, 1.54) is 5.56 Å². The molecule has 0 amide bonds. The molecule has 1 aromatic carbocycles. The van der Waals surface area contributed by atoms with Crippen LogP contribution in [-0.2, 0) is 6.54 Å². The van der Waals surface area contributed by atoms with Gasteiger partial charge in [-0.3, -0.25) is 0 Å². The quantitative estimate of drug-likeness (QED) is 0.622. The van der Waals surface area contributed by atoms with Crippen LogP contribution in [-0.4, -0.2) is 24.4 Å². The molecular weight excluding hydrogens is 312 g/mol. The van der Waals surface area contributed by atoms with Gasteiger partial charge < -0.3 is 5.32 Å². The second kappa shape index (κ2) is 6.05. The summed E-state index contributed by atoms with van der Waals surface area (Å²) in [7, 11) is 0. The minimum atomic E-state index is 0.668. The largest absolute Gasteiger partial charge is 0.364 e. The van der Waals surface area contributed by atoms with E-state index in [1.807, 2.05) is 53.5 Å². The molecule has 4 aromatic rings. The molecule has 4 rings (SSSR count). The molecular formula is C19H20N6. The van der Waals surface area contributed by atoms with Crippen molar-refractivity contribution in [3.05, 3.63) is 71.4 Å². The van der Waals surface area contributed by atoms with Crippen LogP contribution >= 0.6 is 0 Å². The van der Waals surface area contributed by atoms with Gasteiger partial charge in [0.1, 0.15) is 5.52 Å². The van der Waals surface area contributed by atoms with Crippen molar-refractivity contribution in [2.75, 3.05) is 5.32 Å². The number of aryl methyl sites for hydroxylation is 2. The zero-order valence-corrected chi connectivity index (χ0v) is 14.6. The third kappa shape index (κ3) is 2.76. The summed E-state index contributed by atoms with van der Waals surface area (Å²) in [6.07, 6.45) is 3.62. The van der Waals surface area contributed by atoms with E-state index in [1.54, 1.807) is 6.20 Å². The van der Waals surface area contributed by atoms with Gasteiger partial charge in [0.2, 0.25) is 0 Å². The number of para-hydroxylation sites is 1. The molecule has 0 spiro atoms. The van der Waals surface area contributed by atoms with Crippen molar-refractivity contribution in [2.24, 2.45) is 0 Å². The first-order chi connectivity index (χ1) is 12.1. The molecule has 6 nitrogen and oxygen atoms in total. The van der Waals surface area contributed by atoms with Crippen molar-refractivity contribution >= 4 is 11.3 Å². The molecule has 0 atom stereocenters. The number of aromatic nitrogens is 5. The van der Waals surface area contributed by atoms with E-state index < -0.39 is 0 Å². The maximum atomic E-state index is 4.70. The molecule has 0 unspecified atom stereocenters. The van der Waals surface area contributed by atoms with Gasteiger partial charge in [-0.25, -0.2) is 14.2 Å². The SMILES string of the molecule is Cc1cc2c(NCc3c(C)nn(-c4ccccc4)c3C)nccn2n1. The third-order valence-corrected chi connectivity index (χ3v) is 4.39. The van der Waals surface area contributed by atoms with Gasteiger partial charge in [0.05, 0.1) is 17.1 Å². The molecule has 1 N–H and O–H groups in total. The number of rotatable bonds is 4. The first-order valence-corrected chi connectivity index (χ1v) is 8.29. The van der Waals surface area contributed by atoms with E-state index in [0.29, 0.717) is 6.54 Å². The number of nitrogens with one attached hydrogen (secondary N) is 1. The van der Waals surface area contributed by atoms with Gasteiger partial charge in [0, 0.05) is 30.2 Å². The summed E-state index contributed by atoms with van der Waals surface area (Å²) >= 11 is 0. The van der Waals surface area contributed by atoms with Crippen molar-refractivity contribution in [1.82, 2.24) is 24.4 Å². The Hall–Kier alpha value is -3.15. The fourth-order valence-corrected chi connectivity index (χ4v) is 3.10. The van der Waals surface area contributed by atoms with Crippen LogP contribution in [0.15, 0.2) is 48.8 Å². The van der Waals surface area contributed by atoms with Gasteiger partial charge in [-0.05, 0) is 39.0 Å². The summed E-state index contributed by atoms with van der Waals surface area (Å²) < 4.78 is 3.83. The number of benzene rings is 1. The summed E-state index contributed by atoms with van der Waals surface area (Å²) in [4.78, 5) is 4.46. The molecule has 25 heavy (non-hydrogen) atoms. The smallest absolute Gasteiger partial charge is 0.152 e. The van der Waals surface area contributed by atoms with Crippen LogP contribution in [0.2, 0.25) is 0 Å². The molecule has 3 aromatic heterocycles. The highest BCUT2D eigenvalue weighted by atomic mass is 15.3. The average Bonchev–Trinajstić information content (AvgIpc) is 3.13. The zero-order valence-electron chi connectivity index (χ0n) is 14.6. The molecule has 6 heteroatoms. The average molecular weight is 332 g/mol. The molecule has 0 radical (unpaired) electrons. The Bertz CT molecular complexity index is 1030. The van der Waals surface area contributed by atoms with E-state index in [-0.39, 0.29) is 0 Å². The number of fused-ring (bicyclic) bond motifs is 1. The number of anilines is 1. The highest BCUT2D eigenvalue weighted by Gasteiger charge is 2.13. The number of hydrogen-bond acceptors (Lipinski definition) is 4. The van der Waals surface area contributed by atoms with Crippen LogP contribution in [0, 0.1) is 20.8 Å². The highest BCUT2D eigenvalue weighted by Crippen LogP contribution is 2.20. The molecule has 0 aliphatic heterocycles. The van der Waals surface area contributed by atoms with Crippen molar-refractivity contribution < 1.29 is 0 Å². The Balaban J connectivity index is 1.64. The first kappa shape index (κ1) is 15.4. The van der Waals surface area contributed by atoms with E-state index in [4.69, 9.17) is 5.10 Å². The maximum absolute atomic E-state index is 4.70. The summed E-state index contributed by atoms with van der Waals surface area (Å²) in [5, 5.41) is 12.6. The fraction of sp³-hybridized carbons (Fsp3) is 0.211. The van der Waals surface area contributed by atoms with Gasteiger partial charge in [-0.15, -0.1) is 0 Å². The van der Waals surface area contributed by atoms with E-state index in [0.717, 1.165) is 34.1 Å². The predicted octanol–water partition coefficient (Wildman–Crippen LogP) is 3.45. The lowest BCUT2D eigenvalue weighted by molar-refractivity contribution is 0.832. The van der Waals surface area contributed by atoms with Gasteiger partial charge in [0.15, 0.2) is 5.82 Å². The van der Waals surface area contributed by atoms with Crippen molar-refractivity contribution in [3.8, 4) is 5.69 Å². The second-order valence-corrected chi connectivity index (χ2v) is 6.14. The van der Waals surface area contributed by atoms with Crippen LogP contribution in [0.3, 0.4) is 0 Å². The highest BCUT2D eigenvalue weighted by molar-refractivity contribution is 5.67. The van der Waals surface area contributed by atoms with Crippen LogP contribution < -0.4 is 5.32 Å². The molecule has 0 saturated heterocycles. The number of hydrogen-bond donors (Lipinski definition) is 1. The topological polar surface area (TPSA) is 60.0 Å². The van der Waals surface area contributed by atoms with Crippen LogP contribution in [0.5, 0.6) is 0 Å². The zero-order chi connectivity index (χ0) is 17.4. The summed E-state index contributed by atoms with van der Waals surface area (Å²) in [6, 6.07) is 12.2. The van der Waals surface area contributed by atoms with Crippen LogP contribution in [0.4, 0.5) is 5.82 Å².